The molecule has 0 spiro atoms. The number of aromatic nitrogens is 1. The number of anilines is 1. The molecule has 1 aromatic rings. The van der Waals surface area contributed by atoms with Gasteiger partial charge in [0.25, 0.3) is 5.95 Å². The zero-order valence-corrected chi connectivity index (χ0v) is 11.0. The summed E-state index contributed by atoms with van der Waals surface area (Å²) < 4.78 is 39.2. The van der Waals surface area contributed by atoms with Gasteiger partial charge in [-0.15, -0.1) is 0 Å². The molecule has 0 fully saturated rings. The number of likely N-dealkylation sites (N-methyl/N-ethyl adjacent to an activating group) is 1. The quantitative estimate of drug-likeness (QED) is 0.825. The highest BCUT2D eigenvalue weighted by Crippen LogP contribution is 2.17. The number of pyridine rings is 1. The molecule has 18 heavy (non-hydrogen) atoms. The summed E-state index contributed by atoms with van der Waals surface area (Å²) in [4.78, 5) is 5.18. The standard InChI is InChI=1S/C12H18F3N3/c1-7(2)10(6-18(3)4)16-12-9(14)5-8(13)11(15)17-12/h5,7,10H,6H2,1-4H3,(H,16,17). The summed E-state index contributed by atoms with van der Waals surface area (Å²) in [5.41, 5.74) is 0. The van der Waals surface area contributed by atoms with Crippen LogP contribution in [0.15, 0.2) is 6.07 Å². The maximum Gasteiger partial charge on any atom is 0.251 e. The lowest BCUT2D eigenvalue weighted by Gasteiger charge is -2.26. The molecular weight excluding hydrogens is 243 g/mol. The van der Waals surface area contributed by atoms with Crippen LogP contribution in [0, 0.1) is 23.5 Å². The Labute approximate surface area is 105 Å². The van der Waals surface area contributed by atoms with E-state index in [9.17, 15) is 13.2 Å². The van der Waals surface area contributed by atoms with E-state index in [1.54, 1.807) is 0 Å². The second kappa shape index (κ2) is 6.04. The second-order valence-corrected chi connectivity index (χ2v) is 4.85. The van der Waals surface area contributed by atoms with Crippen LogP contribution in [0.4, 0.5) is 19.0 Å². The summed E-state index contributed by atoms with van der Waals surface area (Å²) in [6.07, 6.45) is 0. The van der Waals surface area contributed by atoms with Gasteiger partial charge in [0.05, 0.1) is 0 Å². The van der Waals surface area contributed by atoms with Crippen LogP contribution in [-0.2, 0) is 0 Å². The fraction of sp³-hybridized carbons (Fsp3) is 0.583. The number of rotatable bonds is 5. The van der Waals surface area contributed by atoms with E-state index in [4.69, 9.17) is 0 Å². The maximum atomic E-state index is 13.4. The van der Waals surface area contributed by atoms with Gasteiger partial charge in [-0.1, -0.05) is 13.8 Å². The lowest BCUT2D eigenvalue weighted by Crippen LogP contribution is -2.37. The van der Waals surface area contributed by atoms with Gasteiger partial charge >= 0.3 is 0 Å². The summed E-state index contributed by atoms with van der Waals surface area (Å²) in [7, 11) is 3.76. The third-order valence-electron chi connectivity index (χ3n) is 2.58. The molecule has 0 saturated carbocycles. The van der Waals surface area contributed by atoms with Crippen LogP contribution in [0.3, 0.4) is 0 Å². The number of hydrogen-bond acceptors (Lipinski definition) is 3. The Balaban J connectivity index is 2.90. The minimum Gasteiger partial charge on any atom is -0.363 e. The Morgan fingerprint density at radius 2 is 1.83 bits per heavy atom. The average molecular weight is 261 g/mol. The Bertz CT molecular complexity index is 408. The van der Waals surface area contributed by atoms with Crippen LogP contribution in [0.2, 0.25) is 0 Å². The summed E-state index contributed by atoms with van der Waals surface area (Å²) in [6.45, 7) is 4.55. The molecule has 3 nitrogen and oxygen atoms in total. The predicted molar refractivity (Wildman–Crippen MR) is 64.9 cm³/mol. The van der Waals surface area contributed by atoms with Crippen molar-refractivity contribution >= 4 is 5.82 Å². The number of nitrogens with zero attached hydrogens (tertiary/aromatic N) is 2. The van der Waals surface area contributed by atoms with Gasteiger partial charge in [-0.05, 0) is 20.0 Å². The van der Waals surface area contributed by atoms with Crippen molar-refractivity contribution < 1.29 is 13.2 Å². The smallest absolute Gasteiger partial charge is 0.251 e. The molecule has 0 aliphatic rings. The number of nitrogens with one attached hydrogen (secondary N) is 1. The first kappa shape index (κ1) is 14.8. The molecule has 1 unspecified atom stereocenters. The SMILES string of the molecule is CC(C)C(CN(C)C)Nc1nc(F)c(F)cc1F. The molecule has 0 aliphatic carbocycles. The molecule has 6 heteroatoms. The van der Waals surface area contributed by atoms with E-state index in [1.807, 2.05) is 32.8 Å². The zero-order valence-electron chi connectivity index (χ0n) is 11.0. The molecule has 1 atom stereocenters. The highest BCUT2D eigenvalue weighted by molar-refractivity contribution is 5.37. The summed E-state index contributed by atoms with van der Waals surface area (Å²) in [5, 5.41) is 2.81. The van der Waals surface area contributed by atoms with Gasteiger partial charge in [0.15, 0.2) is 17.5 Å². The zero-order chi connectivity index (χ0) is 13.9. The van der Waals surface area contributed by atoms with Gasteiger partial charge in [0.2, 0.25) is 0 Å². The monoisotopic (exact) mass is 261 g/mol. The third kappa shape index (κ3) is 3.87. The normalized spacial score (nSPS) is 13.2. The van der Waals surface area contributed by atoms with Gasteiger partial charge in [0.1, 0.15) is 0 Å². The molecular formula is C12H18F3N3. The van der Waals surface area contributed by atoms with Crippen molar-refractivity contribution in [3.05, 3.63) is 23.6 Å². The van der Waals surface area contributed by atoms with Crippen LogP contribution >= 0.6 is 0 Å². The van der Waals surface area contributed by atoms with Gasteiger partial charge in [-0.3, -0.25) is 0 Å². The molecule has 1 aromatic heterocycles. The fourth-order valence-corrected chi connectivity index (χ4v) is 1.54. The van der Waals surface area contributed by atoms with Crippen molar-refractivity contribution in [2.75, 3.05) is 26.0 Å². The van der Waals surface area contributed by atoms with Crippen molar-refractivity contribution in [2.45, 2.75) is 19.9 Å². The molecule has 0 amide bonds. The molecule has 0 aliphatic heterocycles. The van der Waals surface area contributed by atoms with E-state index < -0.39 is 17.6 Å². The predicted octanol–water partition coefficient (Wildman–Crippen LogP) is 2.50. The molecule has 0 aromatic carbocycles. The summed E-state index contributed by atoms with van der Waals surface area (Å²) in [5.74, 6) is -3.53. The highest BCUT2D eigenvalue weighted by atomic mass is 19.2. The first-order valence-corrected chi connectivity index (χ1v) is 5.74. The molecule has 0 radical (unpaired) electrons. The van der Waals surface area contributed by atoms with Crippen LogP contribution in [-0.4, -0.2) is 36.6 Å². The fourth-order valence-electron chi connectivity index (χ4n) is 1.54. The Kier molecular flexibility index (Phi) is 4.95. The number of halogens is 3. The minimum absolute atomic E-state index is 0.105. The molecule has 102 valence electrons. The molecule has 0 bridgehead atoms. The van der Waals surface area contributed by atoms with Crippen LogP contribution in [0.1, 0.15) is 13.8 Å². The lowest BCUT2D eigenvalue weighted by molar-refractivity contribution is 0.343. The Hall–Kier alpha value is -1.30. The Morgan fingerprint density at radius 1 is 1.22 bits per heavy atom. The Morgan fingerprint density at radius 3 is 2.33 bits per heavy atom. The first-order valence-electron chi connectivity index (χ1n) is 5.74. The van der Waals surface area contributed by atoms with Crippen molar-refractivity contribution in [1.82, 2.24) is 9.88 Å². The first-order chi connectivity index (χ1) is 8.31. The molecule has 1 N–H and O–H groups in total. The van der Waals surface area contributed by atoms with Crippen molar-refractivity contribution in [1.29, 1.82) is 0 Å². The maximum absolute atomic E-state index is 13.4. The van der Waals surface area contributed by atoms with E-state index in [0.717, 1.165) is 0 Å². The van der Waals surface area contributed by atoms with Gasteiger partial charge < -0.3 is 10.2 Å². The largest absolute Gasteiger partial charge is 0.363 e. The number of hydrogen-bond donors (Lipinski definition) is 1. The lowest BCUT2D eigenvalue weighted by atomic mass is 10.0. The third-order valence-corrected chi connectivity index (χ3v) is 2.58. The van der Waals surface area contributed by atoms with Crippen LogP contribution in [0.25, 0.3) is 0 Å². The van der Waals surface area contributed by atoms with E-state index in [-0.39, 0.29) is 17.8 Å². The van der Waals surface area contributed by atoms with E-state index >= 15 is 0 Å². The average Bonchev–Trinajstić information content (AvgIpc) is 2.23. The van der Waals surface area contributed by atoms with Crippen molar-refractivity contribution in [3.63, 3.8) is 0 Å². The van der Waals surface area contributed by atoms with Crippen LogP contribution in [0.5, 0.6) is 0 Å². The van der Waals surface area contributed by atoms with Crippen molar-refractivity contribution in [3.8, 4) is 0 Å². The molecule has 1 rings (SSSR count). The minimum atomic E-state index is -1.30. The van der Waals surface area contributed by atoms with E-state index in [2.05, 4.69) is 10.3 Å². The van der Waals surface area contributed by atoms with Gasteiger partial charge in [-0.25, -0.2) is 8.78 Å². The van der Waals surface area contributed by atoms with Crippen LogP contribution < -0.4 is 5.32 Å². The van der Waals surface area contributed by atoms with Gasteiger partial charge in [0, 0.05) is 18.7 Å². The molecule has 1 heterocycles. The summed E-state index contributed by atoms with van der Waals surface area (Å²) >= 11 is 0. The molecule has 0 saturated heterocycles. The summed E-state index contributed by atoms with van der Waals surface area (Å²) in [6, 6.07) is 0.393. The van der Waals surface area contributed by atoms with E-state index in [1.165, 1.54) is 0 Å². The highest BCUT2D eigenvalue weighted by Gasteiger charge is 2.18. The van der Waals surface area contributed by atoms with Gasteiger partial charge in [-0.2, -0.15) is 9.37 Å². The van der Waals surface area contributed by atoms with E-state index in [0.29, 0.717) is 12.6 Å². The van der Waals surface area contributed by atoms with Crippen molar-refractivity contribution in [2.24, 2.45) is 5.92 Å². The topological polar surface area (TPSA) is 28.2 Å². The second-order valence-electron chi connectivity index (χ2n) is 4.85.